The van der Waals surface area contributed by atoms with Crippen LogP contribution in [0.4, 0.5) is 29.3 Å². The fourth-order valence-corrected chi connectivity index (χ4v) is 2.69. The van der Waals surface area contributed by atoms with Crippen molar-refractivity contribution in [2.24, 2.45) is 0 Å². The van der Waals surface area contributed by atoms with Gasteiger partial charge in [0.15, 0.2) is 0 Å². The smallest absolute Gasteiger partial charge is 0.419 e. The van der Waals surface area contributed by atoms with Crippen molar-refractivity contribution >= 4 is 17.6 Å². The van der Waals surface area contributed by atoms with E-state index in [1.165, 1.54) is 7.11 Å². The van der Waals surface area contributed by atoms with Crippen LogP contribution in [0.5, 0.6) is 5.75 Å². The summed E-state index contributed by atoms with van der Waals surface area (Å²) in [5.41, 5.74) is -0.464. The van der Waals surface area contributed by atoms with Crippen LogP contribution >= 0.6 is 0 Å². The number of carbonyl (C=O) groups excluding carboxylic acids is 1. The maximum atomic E-state index is 13.4. The summed E-state index contributed by atoms with van der Waals surface area (Å²) >= 11 is 0. The molecule has 3 aromatic rings. The average molecular weight is 423 g/mol. The standard InChI is InChI=1S/C20H17F4N3O3/c1-11-17(30-19(26-11)27-15-5-3-4-6-16(15)29-2)18(28)25-10-12-7-8-14(21)13(9-12)20(22,23)24/h3-9H,10H2,1-2H3,(H,25,28)(H,26,27). The normalized spacial score (nSPS) is 11.3. The summed E-state index contributed by atoms with van der Waals surface area (Å²) in [4.78, 5) is 16.5. The van der Waals surface area contributed by atoms with Crippen molar-refractivity contribution < 1.29 is 31.5 Å². The predicted molar refractivity (Wildman–Crippen MR) is 100 cm³/mol. The van der Waals surface area contributed by atoms with Crippen LogP contribution in [0.25, 0.3) is 0 Å². The third-order valence-corrected chi connectivity index (χ3v) is 4.14. The molecule has 1 heterocycles. The Labute approximate surface area is 168 Å². The van der Waals surface area contributed by atoms with E-state index in [2.05, 4.69) is 15.6 Å². The second kappa shape index (κ2) is 8.44. The van der Waals surface area contributed by atoms with E-state index in [4.69, 9.17) is 9.15 Å². The molecule has 3 rings (SSSR count). The van der Waals surface area contributed by atoms with Gasteiger partial charge in [0.1, 0.15) is 11.6 Å². The molecule has 6 nitrogen and oxygen atoms in total. The SMILES string of the molecule is COc1ccccc1Nc1nc(C)c(C(=O)NCc2ccc(F)c(C(F)(F)F)c2)o1. The van der Waals surface area contributed by atoms with Gasteiger partial charge in [-0.1, -0.05) is 18.2 Å². The lowest BCUT2D eigenvalue weighted by atomic mass is 10.1. The van der Waals surface area contributed by atoms with Gasteiger partial charge in [0, 0.05) is 6.54 Å². The number of rotatable bonds is 6. The van der Waals surface area contributed by atoms with Gasteiger partial charge in [0.25, 0.3) is 11.9 Å². The minimum absolute atomic E-state index is 0.0447. The molecule has 0 bridgehead atoms. The number of para-hydroxylation sites is 2. The molecule has 0 aliphatic carbocycles. The molecule has 0 atom stereocenters. The van der Waals surface area contributed by atoms with Gasteiger partial charge in [0.05, 0.1) is 24.1 Å². The second-order valence-corrected chi connectivity index (χ2v) is 6.25. The topological polar surface area (TPSA) is 76.4 Å². The van der Waals surface area contributed by atoms with E-state index in [1.807, 2.05) is 0 Å². The van der Waals surface area contributed by atoms with Crippen LogP contribution in [0, 0.1) is 12.7 Å². The summed E-state index contributed by atoms with van der Waals surface area (Å²) in [7, 11) is 1.50. The average Bonchev–Trinajstić information content (AvgIpc) is 3.06. The molecule has 0 saturated carbocycles. The molecule has 30 heavy (non-hydrogen) atoms. The molecule has 0 saturated heterocycles. The maximum Gasteiger partial charge on any atom is 0.419 e. The number of hydrogen-bond acceptors (Lipinski definition) is 5. The molecule has 10 heteroatoms. The number of aromatic nitrogens is 1. The molecule has 0 fully saturated rings. The van der Waals surface area contributed by atoms with Crippen LogP contribution in [0.15, 0.2) is 46.9 Å². The number of aryl methyl sites for hydroxylation is 1. The van der Waals surface area contributed by atoms with Crippen molar-refractivity contribution in [1.29, 1.82) is 0 Å². The van der Waals surface area contributed by atoms with E-state index in [0.717, 1.165) is 6.07 Å². The quantitative estimate of drug-likeness (QED) is 0.556. The Bertz CT molecular complexity index is 1060. The number of nitrogens with zero attached hydrogens (tertiary/aromatic N) is 1. The highest BCUT2D eigenvalue weighted by molar-refractivity contribution is 5.92. The lowest BCUT2D eigenvalue weighted by Gasteiger charge is -2.10. The molecule has 0 spiro atoms. The first-order chi connectivity index (χ1) is 14.2. The Balaban J connectivity index is 1.71. The number of anilines is 2. The largest absolute Gasteiger partial charge is 0.495 e. The van der Waals surface area contributed by atoms with E-state index >= 15 is 0 Å². The zero-order valence-electron chi connectivity index (χ0n) is 15.9. The van der Waals surface area contributed by atoms with Crippen LogP contribution < -0.4 is 15.4 Å². The Morgan fingerprint density at radius 2 is 1.93 bits per heavy atom. The first-order valence-electron chi connectivity index (χ1n) is 8.70. The Kier molecular flexibility index (Phi) is 5.95. The number of alkyl halides is 3. The number of oxazole rings is 1. The number of amides is 1. The number of nitrogens with one attached hydrogen (secondary N) is 2. The molecular weight excluding hydrogens is 406 g/mol. The number of ether oxygens (including phenoxy) is 1. The minimum atomic E-state index is -4.83. The fourth-order valence-electron chi connectivity index (χ4n) is 2.69. The summed E-state index contributed by atoms with van der Waals surface area (Å²) < 4.78 is 62.5. The van der Waals surface area contributed by atoms with E-state index in [1.54, 1.807) is 31.2 Å². The van der Waals surface area contributed by atoms with Crippen LogP contribution in [0.1, 0.15) is 27.4 Å². The number of methoxy groups -OCH3 is 1. The summed E-state index contributed by atoms with van der Waals surface area (Å²) in [6.45, 7) is 1.29. The lowest BCUT2D eigenvalue weighted by Crippen LogP contribution is -2.23. The van der Waals surface area contributed by atoms with Gasteiger partial charge in [0.2, 0.25) is 5.76 Å². The van der Waals surface area contributed by atoms with Crippen LogP contribution in [0.2, 0.25) is 0 Å². The molecule has 0 radical (unpaired) electrons. The van der Waals surface area contributed by atoms with Crippen molar-refractivity contribution in [2.75, 3.05) is 12.4 Å². The highest BCUT2D eigenvalue weighted by atomic mass is 19.4. The molecular formula is C20H17F4N3O3. The highest BCUT2D eigenvalue weighted by Crippen LogP contribution is 2.32. The molecule has 1 aromatic heterocycles. The number of benzene rings is 2. The highest BCUT2D eigenvalue weighted by Gasteiger charge is 2.34. The Hall–Kier alpha value is -3.56. The van der Waals surface area contributed by atoms with E-state index in [0.29, 0.717) is 23.6 Å². The van der Waals surface area contributed by atoms with E-state index in [-0.39, 0.29) is 29.6 Å². The molecule has 2 N–H and O–H groups in total. The Morgan fingerprint density at radius 3 is 2.63 bits per heavy atom. The van der Waals surface area contributed by atoms with Gasteiger partial charge in [-0.05, 0) is 36.8 Å². The zero-order chi connectivity index (χ0) is 21.9. The first kappa shape index (κ1) is 21.2. The van der Waals surface area contributed by atoms with Gasteiger partial charge in [-0.3, -0.25) is 4.79 Å². The number of halogens is 4. The van der Waals surface area contributed by atoms with Crippen molar-refractivity contribution in [3.8, 4) is 5.75 Å². The molecule has 0 unspecified atom stereocenters. The zero-order valence-corrected chi connectivity index (χ0v) is 15.9. The van der Waals surface area contributed by atoms with Crippen molar-refractivity contribution in [1.82, 2.24) is 10.3 Å². The summed E-state index contributed by atoms with van der Waals surface area (Å²) in [6.07, 6.45) is -4.83. The molecule has 2 aromatic carbocycles. The van der Waals surface area contributed by atoms with Gasteiger partial charge >= 0.3 is 6.18 Å². The summed E-state index contributed by atoms with van der Waals surface area (Å²) in [5.74, 6) is -1.62. The van der Waals surface area contributed by atoms with Gasteiger partial charge in [-0.15, -0.1) is 0 Å². The fraction of sp³-hybridized carbons (Fsp3) is 0.200. The monoisotopic (exact) mass is 423 g/mol. The predicted octanol–water partition coefficient (Wildman–Crippen LogP) is 4.82. The third-order valence-electron chi connectivity index (χ3n) is 4.14. The van der Waals surface area contributed by atoms with Gasteiger partial charge < -0.3 is 19.8 Å². The molecule has 0 aliphatic heterocycles. The number of hydrogen-bond donors (Lipinski definition) is 2. The maximum absolute atomic E-state index is 13.4. The van der Waals surface area contributed by atoms with Crippen molar-refractivity contribution in [3.63, 3.8) is 0 Å². The second-order valence-electron chi connectivity index (χ2n) is 6.25. The van der Waals surface area contributed by atoms with E-state index in [9.17, 15) is 22.4 Å². The molecule has 158 valence electrons. The molecule has 0 aliphatic rings. The Morgan fingerprint density at radius 1 is 1.20 bits per heavy atom. The van der Waals surface area contributed by atoms with Gasteiger partial charge in [-0.2, -0.15) is 18.2 Å². The number of carbonyl (C=O) groups is 1. The summed E-state index contributed by atoms with van der Waals surface area (Å²) in [6, 6.07) is 9.57. The van der Waals surface area contributed by atoms with E-state index < -0.39 is 23.5 Å². The van der Waals surface area contributed by atoms with Crippen molar-refractivity contribution in [2.45, 2.75) is 19.6 Å². The molecule has 1 amide bonds. The summed E-state index contributed by atoms with van der Waals surface area (Å²) in [5, 5.41) is 5.33. The lowest BCUT2D eigenvalue weighted by molar-refractivity contribution is -0.140. The van der Waals surface area contributed by atoms with Crippen LogP contribution in [0.3, 0.4) is 0 Å². The minimum Gasteiger partial charge on any atom is -0.495 e. The van der Waals surface area contributed by atoms with Crippen LogP contribution in [-0.4, -0.2) is 18.0 Å². The van der Waals surface area contributed by atoms with Crippen molar-refractivity contribution in [3.05, 3.63) is 70.9 Å². The van der Waals surface area contributed by atoms with Gasteiger partial charge in [-0.25, -0.2) is 4.39 Å². The third kappa shape index (κ3) is 4.70. The van der Waals surface area contributed by atoms with Crippen LogP contribution in [-0.2, 0) is 12.7 Å². The first-order valence-corrected chi connectivity index (χ1v) is 8.70.